The van der Waals surface area contributed by atoms with Gasteiger partial charge in [0.15, 0.2) is 6.29 Å². The fourth-order valence-electron chi connectivity index (χ4n) is 4.93. The van der Waals surface area contributed by atoms with Crippen LogP contribution in [0.3, 0.4) is 0 Å². The van der Waals surface area contributed by atoms with Crippen molar-refractivity contribution in [1.29, 1.82) is 0 Å². The molecule has 164 valence electrons. The summed E-state index contributed by atoms with van der Waals surface area (Å²) >= 11 is 0. The molecule has 1 aliphatic heterocycles. The van der Waals surface area contributed by atoms with Gasteiger partial charge in [-0.25, -0.2) is 0 Å². The van der Waals surface area contributed by atoms with Crippen LogP contribution in [-0.4, -0.2) is 43.5 Å². The van der Waals surface area contributed by atoms with Crippen LogP contribution < -0.4 is 5.32 Å². The highest BCUT2D eigenvalue weighted by molar-refractivity contribution is 5.94. The second kappa shape index (κ2) is 9.62. The van der Waals surface area contributed by atoms with Crippen molar-refractivity contribution in [3.8, 4) is 0 Å². The Balaban J connectivity index is 1.60. The SMILES string of the molecule is COC1OC2CCC(c3ccccc3)CC2[C@H](OC(C)=O)C1NC(=O)c1ccccc1. The molecule has 2 aromatic rings. The molecule has 2 aliphatic rings. The van der Waals surface area contributed by atoms with Crippen LogP contribution in [0.15, 0.2) is 60.7 Å². The summed E-state index contributed by atoms with van der Waals surface area (Å²) in [5, 5.41) is 3.01. The molecule has 6 atom stereocenters. The number of fused-ring (bicyclic) bond motifs is 1. The van der Waals surface area contributed by atoms with Gasteiger partial charge in [-0.3, -0.25) is 9.59 Å². The van der Waals surface area contributed by atoms with E-state index in [2.05, 4.69) is 17.4 Å². The topological polar surface area (TPSA) is 73.9 Å². The lowest BCUT2D eigenvalue weighted by atomic mass is 9.71. The Bertz CT molecular complexity index is 887. The summed E-state index contributed by atoms with van der Waals surface area (Å²) in [6.07, 6.45) is 1.36. The van der Waals surface area contributed by atoms with Gasteiger partial charge in [0.05, 0.1) is 6.10 Å². The highest BCUT2D eigenvalue weighted by Crippen LogP contribution is 2.44. The number of esters is 1. The fourth-order valence-corrected chi connectivity index (χ4v) is 4.93. The van der Waals surface area contributed by atoms with Crippen molar-refractivity contribution in [1.82, 2.24) is 5.32 Å². The van der Waals surface area contributed by atoms with Gasteiger partial charge >= 0.3 is 5.97 Å². The number of carbonyl (C=O) groups excluding carboxylic acids is 2. The first kappa shape index (κ1) is 21.5. The maximum Gasteiger partial charge on any atom is 0.302 e. The van der Waals surface area contributed by atoms with E-state index in [4.69, 9.17) is 14.2 Å². The second-order valence-corrected chi connectivity index (χ2v) is 8.30. The molecule has 31 heavy (non-hydrogen) atoms. The maximum atomic E-state index is 12.9. The van der Waals surface area contributed by atoms with E-state index >= 15 is 0 Å². The Morgan fingerprint density at radius 3 is 2.32 bits per heavy atom. The van der Waals surface area contributed by atoms with Gasteiger partial charge in [-0.05, 0) is 42.9 Å². The van der Waals surface area contributed by atoms with Gasteiger partial charge in [-0.1, -0.05) is 48.5 Å². The molecule has 1 aliphatic carbocycles. The van der Waals surface area contributed by atoms with E-state index in [1.807, 2.05) is 36.4 Å². The third-order valence-electron chi connectivity index (χ3n) is 6.35. The van der Waals surface area contributed by atoms with Gasteiger partial charge in [0.25, 0.3) is 5.91 Å². The standard InChI is InChI=1S/C25H29NO5/c1-16(27)30-23-20-15-19(17-9-5-3-6-10-17)13-14-21(20)31-25(29-2)22(23)26-24(28)18-11-7-4-8-12-18/h3-12,19-23,25H,13-15H2,1-2H3,(H,26,28)/t19?,20?,21?,22?,23-,25?/m0/s1. The van der Waals surface area contributed by atoms with E-state index in [-0.39, 0.29) is 23.9 Å². The lowest BCUT2D eigenvalue weighted by Crippen LogP contribution is -2.63. The minimum atomic E-state index is -0.688. The Kier molecular flexibility index (Phi) is 6.68. The average Bonchev–Trinajstić information content (AvgIpc) is 2.80. The summed E-state index contributed by atoms with van der Waals surface area (Å²) in [5.74, 6) is -0.299. The first-order valence-electron chi connectivity index (χ1n) is 10.8. The summed E-state index contributed by atoms with van der Waals surface area (Å²) in [7, 11) is 1.55. The van der Waals surface area contributed by atoms with Crippen molar-refractivity contribution >= 4 is 11.9 Å². The van der Waals surface area contributed by atoms with Crippen molar-refractivity contribution in [3.63, 3.8) is 0 Å². The Hall–Kier alpha value is -2.70. The van der Waals surface area contributed by atoms with Gasteiger partial charge in [0.1, 0.15) is 12.1 Å². The molecule has 0 radical (unpaired) electrons. The zero-order valence-electron chi connectivity index (χ0n) is 17.9. The number of benzene rings is 2. The van der Waals surface area contributed by atoms with E-state index in [1.165, 1.54) is 12.5 Å². The number of amides is 1. The summed E-state index contributed by atoms with van der Waals surface area (Å²) in [4.78, 5) is 24.9. The predicted octanol–water partition coefficient (Wildman–Crippen LogP) is 3.67. The second-order valence-electron chi connectivity index (χ2n) is 8.30. The molecule has 1 heterocycles. The normalized spacial score (nSPS) is 30.1. The van der Waals surface area contributed by atoms with Crippen LogP contribution in [0.5, 0.6) is 0 Å². The zero-order chi connectivity index (χ0) is 21.8. The molecule has 2 fully saturated rings. The summed E-state index contributed by atoms with van der Waals surface area (Å²) in [5.41, 5.74) is 1.81. The smallest absolute Gasteiger partial charge is 0.302 e. The van der Waals surface area contributed by atoms with Crippen LogP contribution in [0.2, 0.25) is 0 Å². The number of carbonyl (C=O) groups is 2. The van der Waals surface area contributed by atoms with E-state index < -0.39 is 18.4 Å². The zero-order valence-corrected chi connectivity index (χ0v) is 17.9. The molecular formula is C25H29NO5. The molecule has 0 bridgehead atoms. The van der Waals surface area contributed by atoms with Crippen LogP contribution in [-0.2, 0) is 19.0 Å². The molecule has 6 heteroatoms. The van der Waals surface area contributed by atoms with Crippen molar-refractivity contribution < 1.29 is 23.8 Å². The van der Waals surface area contributed by atoms with E-state index in [9.17, 15) is 9.59 Å². The van der Waals surface area contributed by atoms with E-state index in [0.29, 0.717) is 11.5 Å². The first-order valence-corrected chi connectivity index (χ1v) is 10.8. The van der Waals surface area contributed by atoms with Crippen LogP contribution in [0, 0.1) is 5.92 Å². The molecule has 2 aromatic carbocycles. The molecule has 5 unspecified atom stereocenters. The number of hydrogen-bond acceptors (Lipinski definition) is 5. The Labute approximate surface area is 182 Å². The van der Waals surface area contributed by atoms with E-state index in [0.717, 1.165) is 19.3 Å². The fraction of sp³-hybridized carbons (Fsp3) is 0.440. The minimum absolute atomic E-state index is 0.0321. The maximum absolute atomic E-state index is 12.9. The number of hydrogen-bond donors (Lipinski definition) is 1. The molecule has 4 rings (SSSR count). The van der Waals surface area contributed by atoms with Gasteiger partial charge in [0, 0.05) is 25.5 Å². The predicted molar refractivity (Wildman–Crippen MR) is 115 cm³/mol. The molecule has 0 spiro atoms. The number of ether oxygens (including phenoxy) is 3. The van der Waals surface area contributed by atoms with Gasteiger partial charge in [-0.2, -0.15) is 0 Å². The molecule has 1 amide bonds. The van der Waals surface area contributed by atoms with Crippen LogP contribution in [0.4, 0.5) is 0 Å². The minimum Gasteiger partial charge on any atom is -0.460 e. The Morgan fingerprint density at radius 1 is 1.00 bits per heavy atom. The third-order valence-corrected chi connectivity index (χ3v) is 6.35. The van der Waals surface area contributed by atoms with Gasteiger partial charge < -0.3 is 19.5 Å². The molecule has 0 aromatic heterocycles. The molecule has 1 N–H and O–H groups in total. The number of nitrogens with one attached hydrogen (secondary N) is 1. The average molecular weight is 424 g/mol. The third kappa shape index (κ3) is 4.81. The molecule has 1 saturated heterocycles. The van der Waals surface area contributed by atoms with Crippen LogP contribution in [0.1, 0.15) is 48.0 Å². The van der Waals surface area contributed by atoms with Crippen LogP contribution >= 0.6 is 0 Å². The first-order chi connectivity index (χ1) is 15.1. The quantitative estimate of drug-likeness (QED) is 0.743. The van der Waals surface area contributed by atoms with Crippen molar-refractivity contribution in [2.45, 2.75) is 56.6 Å². The van der Waals surface area contributed by atoms with E-state index in [1.54, 1.807) is 19.2 Å². The molecule has 6 nitrogen and oxygen atoms in total. The highest BCUT2D eigenvalue weighted by atomic mass is 16.7. The number of rotatable bonds is 5. The Morgan fingerprint density at radius 2 is 1.68 bits per heavy atom. The highest BCUT2D eigenvalue weighted by Gasteiger charge is 2.50. The largest absolute Gasteiger partial charge is 0.460 e. The van der Waals surface area contributed by atoms with Gasteiger partial charge in [-0.15, -0.1) is 0 Å². The lowest BCUT2D eigenvalue weighted by Gasteiger charge is -2.49. The number of methoxy groups -OCH3 is 1. The van der Waals surface area contributed by atoms with Crippen molar-refractivity contribution in [3.05, 3.63) is 71.8 Å². The van der Waals surface area contributed by atoms with Crippen molar-refractivity contribution in [2.75, 3.05) is 7.11 Å². The monoisotopic (exact) mass is 423 g/mol. The summed E-state index contributed by atoms with van der Waals surface area (Å²) in [6, 6.07) is 18.8. The summed E-state index contributed by atoms with van der Waals surface area (Å²) in [6.45, 7) is 1.40. The molecule has 1 saturated carbocycles. The summed E-state index contributed by atoms with van der Waals surface area (Å²) < 4.78 is 17.7. The van der Waals surface area contributed by atoms with Crippen molar-refractivity contribution in [2.24, 2.45) is 5.92 Å². The van der Waals surface area contributed by atoms with Gasteiger partial charge in [0.2, 0.25) is 0 Å². The molecular weight excluding hydrogens is 394 g/mol. The van der Waals surface area contributed by atoms with Crippen LogP contribution in [0.25, 0.3) is 0 Å². The lowest BCUT2D eigenvalue weighted by molar-refractivity contribution is -0.253.